The fourth-order valence-electron chi connectivity index (χ4n) is 2.26. The van der Waals surface area contributed by atoms with E-state index in [2.05, 4.69) is 15.9 Å². The highest BCUT2D eigenvalue weighted by atomic mass is 79.9. The molecule has 3 atom stereocenters. The van der Waals surface area contributed by atoms with Crippen LogP contribution < -0.4 is 15.2 Å². The summed E-state index contributed by atoms with van der Waals surface area (Å²) in [7, 11) is 1.53. The minimum atomic E-state index is -0.870. The molecule has 6 heteroatoms. The monoisotopic (exact) mass is 331 g/mol. The van der Waals surface area contributed by atoms with Crippen molar-refractivity contribution >= 4 is 15.9 Å². The largest absolute Gasteiger partial charge is 0.496 e. The number of hydrogen-bond acceptors (Lipinski definition) is 5. The number of hydrogen-bond donors (Lipinski definition) is 3. The van der Waals surface area contributed by atoms with Crippen molar-refractivity contribution in [1.29, 1.82) is 0 Å². The normalized spacial score (nSPS) is 21.3. The standard InChI is InChI=1S/C13H18BrNO4/c1-6(15)12(17)11-8-3-7(16)5-19-13(8)9(14)4-10(11)18-2/h4,6-7,12,16-17H,3,5,15H2,1-2H3. The van der Waals surface area contributed by atoms with Gasteiger partial charge in [-0.25, -0.2) is 0 Å². The van der Waals surface area contributed by atoms with Gasteiger partial charge in [-0.3, -0.25) is 0 Å². The Morgan fingerprint density at radius 1 is 1.58 bits per heavy atom. The van der Waals surface area contributed by atoms with E-state index in [0.29, 0.717) is 23.5 Å². The number of benzene rings is 1. The molecule has 0 aromatic heterocycles. The molecular weight excluding hydrogens is 314 g/mol. The first-order valence-electron chi connectivity index (χ1n) is 6.09. The molecule has 0 aliphatic carbocycles. The second-order valence-electron chi connectivity index (χ2n) is 4.75. The molecule has 0 fully saturated rings. The van der Waals surface area contributed by atoms with Gasteiger partial charge in [0.2, 0.25) is 0 Å². The summed E-state index contributed by atoms with van der Waals surface area (Å²) in [5.74, 6) is 1.17. The van der Waals surface area contributed by atoms with E-state index >= 15 is 0 Å². The van der Waals surface area contributed by atoms with Crippen LogP contribution >= 0.6 is 15.9 Å². The number of ether oxygens (including phenoxy) is 2. The summed E-state index contributed by atoms with van der Waals surface area (Å²) in [4.78, 5) is 0. The van der Waals surface area contributed by atoms with Gasteiger partial charge in [0, 0.05) is 23.6 Å². The lowest BCUT2D eigenvalue weighted by molar-refractivity contribution is 0.0874. The number of halogens is 1. The molecule has 0 radical (unpaired) electrons. The van der Waals surface area contributed by atoms with Crippen LogP contribution in [0.25, 0.3) is 0 Å². The van der Waals surface area contributed by atoms with Gasteiger partial charge in [0.1, 0.15) is 18.1 Å². The number of aliphatic hydroxyl groups excluding tert-OH is 2. The number of aliphatic hydroxyl groups is 2. The van der Waals surface area contributed by atoms with Crippen LogP contribution in [0.2, 0.25) is 0 Å². The van der Waals surface area contributed by atoms with Crippen molar-refractivity contribution in [3.63, 3.8) is 0 Å². The van der Waals surface area contributed by atoms with E-state index in [1.165, 1.54) is 7.11 Å². The zero-order valence-electron chi connectivity index (χ0n) is 10.9. The highest BCUT2D eigenvalue weighted by Gasteiger charge is 2.30. The molecule has 1 aliphatic rings. The molecular formula is C13H18BrNO4. The van der Waals surface area contributed by atoms with Crippen LogP contribution in [0, 0.1) is 0 Å². The van der Waals surface area contributed by atoms with E-state index in [4.69, 9.17) is 15.2 Å². The van der Waals surface area contributed by atoms with Crippen molar-refractivity contribution in [3.8, 4) is 11.5 Å². The Balaban J connectivity index is 2.61. The van der Waals surface area contributed by atoms with E-state index in [-0.39, 0.29) is 6.61 Å². The van der Waals surface area contributed by atoms with Crippen molar-refractivity contribution in [2.45, 2.75) is 31.6 Å². The van der Waals surface area contributed by atoms with Crippen LogP contribution in [0.15, 0.2) is 10.5 Å². The van der Waals surface area contributed by atoms with Crippen LogP contribution in [0.3, 0.4) is 0 Å². The van der Waals surface area contributed by atoms with Gasteiger partial charge >= 0.3 is 0 Å². The zero-order valence-corrected chi connectivity index (χ0v) is 12.5. The Labute approximate surface area is 120 Å². The number of methoxy groups -OCH3 is 1. The Kier molecular flexibility index (Phi) is 4.35. The highest BCUT2D eigenvalue weighted by molar-refractivity contribution is 9.10. The predicted octanol–water partition coefficient (Wildman–Crippen LogP) is 1.13. The minimum absolute atomic E-state index is 0.242. The highest BCUT2D eigenvalue weighted by Crippen LogP contribution is 2.43. The predicted molar refractivity (Wildman–Crippen MR) is 74.5 cm³/mol. The van der Waals surface area contributed by atoms with Gasteiger partial charge in [-0.2, -0.15) is 0 Å². The molecule has 0 spiro atoms. The summed E-state index contributed by atoms with van der Waals surface area (Å²) < 4.78 is 11.6. The Morgan fingerprint density at radius 2 is 2.26 bits per heavy atom. The first kappa shape index (κ1) is 14.6. The molecule has 2 rings (SSSR count). The van der Waals surface area contributed by atoms with Gasteiger partial charge in [-0.15, -0.1) is 0 Å². The van der Waals surface area contributed by atoms with Crippen LogP contribution in [0.5, 0.6) is 11.5 Å². The van der Waals surface area contributed by atoms with E-state index < -0.39 is 18.2 Å². The molecule has 1 aliphatic heterocycles. The molecule has 4 N–H and O–H groups in total. The second kappa shape index (κ2) is 5.66. The number of fused-ring (bicyclic) bond motifs is 1. The number of rotatable bonds is 3. The van der Waals surface area contributed by atoms with Crippen LogP contribution in [0.1, 0.15) is 24.2 Å². The Morgan fingerprint density at radius 3 is 2.84 bits per heavy atom. The maximum Gasteiger partial charge on any atom is 0.137 e. The lowest BCUT2D eigenvalue weighted by atomic mass is 9.92. The topological polar surface area (TPSA) is 84.9 Å². The summed E-state index contributed by atoms with van der Waals surface area (Å²) in [6.45, 7) is 1.96. The van der Waals surface area contributed by atoms with Crippen LogP contribution in [0.4, 0.5) is 0 Å². The molecule has 5 nitrogen and oxygen atoms in total. The molecule has 0 saturated carbocycles. The first-order chi connectivity index (χ1) is 8.95. The molecule has 106 valence electrons. The van der Waals surface area contributed by atoms with E-state index in [1.54, 1.807) is 13.0 Å². The van der Waals surface area contributed by atoms with Gasteiger partial charge in [0.05, 0.1) is 23.8 Å². The summed E-state index contributed by atoms with van der Waals surface area (Å²) in [6, 6.07) is 1.30. The smallest absolute Gasteiger partial charge is 0.137 e. The van der Waals surface area contributed by atoms with E-state index in [1.807, 2.05) is 0 Å². The molecule has 1 aromatic rings. The van der Waals surface area contributed by atoms with Crippen LogP contribution in [-0.2, 0) is 6.42 Å². The third-order valence-corrected chi connectivity index (χ3v) is 3.80. The maximum absolute atomic E-state index is 10.3. The fraction of sp³-hybridized carbons (Fsp3) is 0.538. The first-order valence-corrected chi connectivity index (χ1v) is 6.88. The molecule has 1 heterocycles. The number of nitrogens with two attached hydrogens (primary N) is 1. The van der Waals surface area contributed by atoms with Gasteiger partial charge in [-0.1, -0.05) is 0 Å². The van der Waals surface area contributed by atoms with Crippen LogP contribution in [-0.4, -0.2) is 36.1 Å². The second-order valence-corrected chi connectivity index (χ2v) is 5.61. The fourth-order valence-corrected chi connectivity index (χ4v) is 2.82. The van der Waals surface area contributed by atoms with E-state index in [0.717, 1.165) is 10.0 Å². The van der Waals surface area contributed by atoms with Crippen molar-refractivity contribution in [2.75, 3.05) is 13.7 Å². The molecule has 0 saturated heterocycles. The van der Waals surface area contributed by atoms with Gasteiger partial charge in [-0.05, 0) is 28.9 Å². The molecule has 1 aromatic carbocycles. The zero-order chi connectivity index (χ0) is 14.2. The third-order valence-electron chi connectivity index (χ3n) is 3.21. The van der Waals surface area contributed by atoms with E-state index in [9.17, 15) is 10.2 Å². The summed E-state index contributed by atoms with van der Waals surface area (Å²) >= 11 is 3.41. The maximum atomic E-state index is 10.3. The average molecular weight is 332 g/mol. The third kappa shape index (κ3) is 2.72. The van der Waals surface area contributed by atoms with Crippen molar-refractivity contribution < 1.29 is 19.7 Å². The van der Waals surface area contributed by atoms with Gasteiger partial charge < -0.3 is 25.4 Å². The molecule has 3 unspecified atom stereocenters. The summed E-state index contributed by atoms with van der Waals surface area (Å²) in [5, 5.41) is 20.0. The molecule has 0 amide bonds. The molecule has 19 heavy (non-hydrogen) atoms. The van der Waals surface area contributed by atoms with Gasteiger partial charge in [0.15, 0.2) is 0 Å². The van der Waals surface area contributed by atoms with Gasteiger partial charge in [0.25, 0.3) is 0 Å². The quantitative estimate of drug-likeness (QED) is 0.773. The average Bonchev–Trinajstić information content (AvgIpc) is 2.37. The summed E-state index contributed by atoms with van der Waals surface area (Å²) in [6.07, 6.45) is -1.05. The molecule has 0 bridgehead atoms. The van der Waals surface area contributed by atoms with Crippen molar-refractivity contribution in [2.24, 2.45) is 5.73 Å². The lowest BCUT2D eigenvalue weighted by Gasteiger charge is -2.29. The SMILES string of the molecule is COc1cc(Br)c2c(c1C(O)C(C)N)CC(O)CO2. The van der Waals surface area contributed by atoms with Crippen molar-refractivity contribution in [1.82, 2.24) is 0 Å². The minimum Gasteiger partial charge on any atom is -0.496 e. The van der Waals surface area contributed by atoms with Crippen molar-refractivity contribution in [3.05, 3.63) is 21.7 Å². The lowest BCUT2D eigenvalue weighted by Crippen LogP contribution is -2.30. The summed E-state index contributed by atoms with van der Waals surface area (Å²) in [5.41, 5.74) is 7.11. The Bertz CT molecular complexity index is 478. The Hall–Kier alpha value is -0.820.